The number of benzene rings is 3. The maximum atomic E-state index is 11.4. The summed E-state index contributed by atoms with van der Waals surface area (Å²) in [4.78, 5) is 11.4. The number of unbranched alkanes of at least 4 members (excludes halogenated alkanes) is 3. The molecule has 0 N–H and O–H groups in total. The number of hydrogen-bond donors (Lipinski definition) is 0. The van der Waals surface area contributed by atoms with Crippen LogP contribution in [0, 0.1) is 0 Å². The summed E-state index contributed by atoms with van der Waals surface area (Å²) in [6, 6.07) is 32.7. The van der Waals surface area contributed by atoms with Crippen molar-refractivity contribution in [1.29, 1.82) is 0 Å². The summed E-state index contributed by atoms with van der Waals surface area (Å²) in [7, 11) is 1.45. The Balaban J connectivity index is 1.97. The molecular weight excluding hydrogens is 455 g/mol. The van der Waals surface area contributed by atoms with Gasteiger partial charge < -0.3 is 0 Å². The van der Waals surface area contributed by atoms with Crippen LogP contribution >= 0.6 is 20.8 Å². The first-order valence-corrected chi connectivity index (χ1v) is 15.0. The van der Waals surface area contributed by atoms with Gasteiger partial charge in [-0.15, -0.1) is 0 Å². The first kappa shape index (κ1) is 22.7. The van der Waals surface area contributed by atoms with Gasteiger partial charge in [-0.25, -0.2) is 0 Å². The topological polar surface area (TPSA) is 26.3 Å². The van der Waals surface area contributed by atoms with Crippen LogP contribution in [-0.2, 0) is 9.53 Å². The van der Waals surface area contributed by atoms with E-state index in [1.165, 1.54) is 23.0 Å². The monoisotopic (exact) mass is 484 g/mol. The molecular formula is C26H30BrO2P. The quantitative estimate of drug-likeness (QED) is 0.202. The van der Waals surface area contributed by atoms with Crippen molar-refractivity contribution in [1.82, 2.24) is 0 Å². The minimum atomic E-state index is -2.80. The van der Waals surface area contributed by atoms with E-state index in [0.29, 0.717) is 6.42 Å². The number of halogens is 1. The van der Waals surface area contributed by atoms with Gasteiger partial charge >= 0.3 is 189 Å². The molecule has 0 heterocycles. The molecule has 0 atom stereocenters. The Bertz CT molecular complexity index is 830. The summed E-state index contributed by atoms with van der Waals surface area (Å²) in [6.45, 7) is 0. The zero-order valence-corrected chi connectivity index (χ0v) is 20.0. The van der Waals surface area contributed by atoms with Crippen molar-refractivity contribution < 1.29 is 9.53 Å². The van der Waals surface area contributed by atoms with Gasteiger partial charge in [0.1, 0.15) is 0 Å². The van der Waals surface area contributed by atoms with Crippen LogP contribution < -0.4 is 15.9 Å². The molecule has 0 fully saturated rings. The molecule has 0 aliphatic carbocycles. The van der Waals surface area contributed by atoms with Gasteiger partial charge in [0.2, 0.25) is 0 Å². The van der Waals surface area contributed by atoms with E-state index in [0.717, 1.165) is 31.8 Å². The van der Waals surface area contributed by atoms with E-state index in [1.54, 1.807) is 0 Å². The number of carbonyl (C=O) groups excluding carboxylic acids is 1. The predicted molar refractivity (Wildman–Crippen MR) is 134 cm³/mol. The Morgan fingerprint density at radius 3 is 1.50 bits per heavy atom. The fourth-order valence-corrected chi connectivity index (χ4v) is 11.9. The van der Waals surface area contributed by atoms with E-state index in [4.69, 9.17) is 4.74 Å². The molecule has 3 rings (SSSR count). The van der Waals surface area contributed by atoms with Gasteiger partial charge in [0.25, 0.3) is 0 Å². The van der Waals surface area contributed by atoms with E-state index >= 15 is 0 Å². The van der Waals surface area contributed by atoms with E-state index < -0.39 is 5.31 Å². The summed E-state index contributed by atoms with van der Waals surface area (Å²) < 4.78 is 4.76. The Kier molecular flexibility index (Phi) is 7.86. The second-order valence-electron chi connectivity index (χ2n) is 7.65. The molecule has 2 nitrogen and oxygen atoms in total. The fraction of sp³-hybridized carbons (Fsp3) is 0.269. The average molecular weight is 485 g/mol. The molecule has 0 radical (unpaired) electrons. The van der Waals surface area contributed by atoms with Gasteiger partial charge in [-0.3, -0.25) is 0 Å². The van der Waals surface area contributed by atoms with E-state index in [9.17, 15) is 4.79 Å². The summed E-state index contributed by atoms with van der Waals surface area (Å²) in [5, 5.41) is 1.27. The third-order valence-electron chi connectivity index (χ3n) is 5.82. The summed E-state index contributed by atoms with van der Waals surface area (Å²) in [6.07, 6.45) is 5.64. The van der Waals surface area contributed by atoms with Crippen molar-refractivity contribution in [2.75, 3.05) is 13.3 Å². The average Bonchev–Trinajstić information content (AvgIpc) is 2.82. The molecule has 0 aliphatic heterocycles. The molecule has 158 valence electrons. The minimum absolute atomic E-state index is 0.118. The number of rotatable bonds is 10. The zero-order valence-electron chi connectivity index (χ0n) is 17.5. The van der Waals surface area contributed by atoms with Crippen molar-refractivity contribution in [2.24, 2.45) is 0 Å². The van der Waals surface area contributed by atoms with Gasteiger partial charge in [0, 0.05) is 0 Å². The van der Waals surface area contributed by atoms with E-state index in [1.807, 2.05) is 0 Å². The first-order valence-electron chi connectivity index (χ1n) is 10.6. The number of carbonyl (C=O) groups is 1. The van der Waals surface area contributed by atoms with Crippen molar-refractivity contribution in [3.8, 4) is 0 Å². The number of hydrogen-bond acceptors (Lipinski definition) is 2. The fourth-order valence-electron chi connectivity index (χ4n) is 4.18. The molecule has 4 heteroatoms. The van der Waals surface area contributed by atoms with Crippen LogP contribution in [0.5, 0.6) is 0 Å². The Hall–Kier alpha value is -1.96. The normalized spacial score (nSPS) is 12.7. The van der Waals surface area contributed by atoms with Crippen LogP contribution in [0.3, 0.4) is 0 Å². The number of methoxy groups -OCH3 is 1. The summed E-state index contributed by atoms with van der Waals surface area (Å²) >= 11 is 4.48. The van der Waals surface area contributed by atoms with Gasteiger partial charge in [-0.2, -0.15) is 0 Å². The van der Waals surface area contributed by atoms with Gasteiger partial charge in [-0.1, -0.05) is 0 Å². The Morgan fingerprint density at radius 2 is 1.10 bits per heavy atom. The third kappa shape index (κ3) is 4.68. The van der Waals surface area contributed by atoms with Crippen LogP contribution in [0.2, 0.25) is 0 Å². The van der Waals surface area contributed by atoms with E-state index in [2.05, 4.69) is 106 Å². The van der Waals surface area contributed by atoms with E-state index in [-0.39, 0.29) is 5.97 Å². The number of esters is 1. The van der Waals surface area contributed by atoms with Crippen molar-refractivity contribution >= 4 is 42.7 Å². The molecule has 30 heavy (non-hydrogen) atoms. The molecule has 0 unspecified atom stereocenters. The molecule has 0 aromatic heterocycles. The van der Waals surface area contributed by atoms with Gasteiger partial charge in [0.05, 0.1) is 0 Å². The van der Waals surface area contributed by atoms with Crippen LogP contribution in [0.4, 0.5) is 0 Å². The van der Waals surface area contributed by atoms with Crippen LogP contribution in [0.1, 0.15) is 32.1 Å². The van der Waals surface area contributed by atoms with Crippen LogP contribution in [0.15, 0.2) is 91.0 Å². The second-order valence-corrected chi connectivity index (χ2v) is 16.7. The first-order chi connectivity index (χ1) is 14.6. The van der Waals surface area contributed by atoms with Crippen LogP contribution in [0.25, 0.3) is 0 Å². The molecule has 0 spiro atoms. The third-order valence-corrected chi connectivity index (χ3v) is 15.9. The summed E-state index contributed by atoms with van der Waals surface area (Å²) in [5.74, 6) is -0.118. The zero-order chi connectivity index (χ0) is 21.3. The van der Waals surface area contributed by atoms with Gasteiger partial charge in [-0.05, 0) is 0 Å². The molecule has 3 aromatic carbocycles. The van der Waals surface area contributed by atoms with Crippen molar-refractivity contribution in [3.63, 3.8) is 0 Å². The standard InChI is InChI=1S/C26H30BrO2P/c1-29-26(28)21-13-2-3-14-22-30(27,23-15-7-4-8-16-23,24-17-9-5-10-18-24)25-19-11-6-12-20-25/h4-12,15-20H,2-3,13-14,21-22H2,1H3. The molecule has 0 saturated heterocycles. The van der Waals surface area contributed by atoms with Crippen molar-refractivity contribution in [2.45, 2.75) is 32.1 Å². The Morgan fingerprint density at radius 1 is 0.700 bits per heavy atom. The van der Waals surface area contributed by atoms with Crippen LogP contribution in [-0.4, -0.2) is 19.2 Å². The van der Waals surface area contributed by atoms with Crippen molar-refractivity contribution in [3.05, 3.63) is 91.0 Å². The molecule has 0 bridgehead atoms. The molecule has 0 amide bonds. The molecule has 3 aromatic rings. The van der Waals surface area contributed by atoms with Gasteiger partial charge in [0.15, 0.2) is 0 Å². The number of ether oxygens (including phenoxy) is 1. The maximum absolute atomic E-state index is 11.4. The Labute approximate surface area is 188 Å². The second kappa shape index (κ2) is 10.4. The molecule has 0 saturated carbocycles. The predicted octanol–water partition coefficient (Wildman–Crippen LogP) is 5.95. The molecule has 0 aliphatic rings. The SMILES string of the molecule is COC(=O)CCCCCCP(Br)(c1ccccc1)(c1ccccc1)c1ccccc1. The summed E-state index contributed by atoms with van der Waals surface area (Å²) in [5.41, 5.74) is 0.